The van der Waals surface area contributed by atoms with Gasteiger partial charge in [0.05, 0.1) is 11.4 Å². The van der Waals surface area contributed by atoms with Gasteiger partial charge in [-0.2, -0.15) is 4.98 Å². The van der Waals surface area contributed by atoms with Crippen molar-refractivity contribution in [1.82, 2.24) is 14.5 Å². The van der Waals surface area contributed by atoms with E-state index in [1.807, 2.05) is 6.92 Å². The van der Waals surface area contributed by atoms with E-state index in [0.717, 1.165) is 37.0 Å². The zero-order chi connectivity index (χ0) is 21.5. The van der Waals surface area contributed by atoms with Crippen LogP contribution in [0.15, 0.2) is 52.8 Å². The van der Waals surface area contributed by atoms with Gasteiger partial charge in [-0.15, -0.1) is 0 Å². The normalized spacial score (nSPS) is 18.5. The summed E-state index contributed by atoms with van der Waals surface area (Å²) in [5, 5.41) is 0.828. The number of carbonyl (C=O) groups excluding carboxylic acids is 1. The lowest BCUT2D eigenvalue weighted by Gasteiger charge is -2.36. The van der Waals surface area contributed by atoms with Gasteiger partial charge in [0.2, 0.25) is 11.9 Å². The lowest BCUT2D eigenvalue weighted by molar-refractivity contribution is 0.100. The Labute approximate surface area is 180 Å². The number of pyridine rings is 1. The Morgan fingerprint density at radius 1 is 1.10 bits per heavy atom. The van der Waals surface area contributed by atoms with E-state index in [0.29, 0.717) is 28.8 Å². The Bertz CT molecular complexity index is 1260. The fourth-order valence-electron chi connectivity index (χ4n) is 4.73. The number of nitrogens with two attached hydrogens (primary N) is 1. The number of benzene rings is 1. The van der Waals surface area contributed by atoms with Crippen molar-refractivity contribution in [3.63, 3.8) is 0 Å². The van der Waals surface area contributed by atoms with Crippen LogP contribution in [-0.4, -0.2) is 33.5 Å². The summed E-state index contributed by atoms with van der Waals surface area (Å²) in [4.78, 5) is 36.1. The summed E-state index contributed by atoms with van der Waals surface area (Å²) in [5.41, 5.74) is 9.10. The smallest absolute Gasteiger partial charge is 0.256 e. The number of rotatable bonds is 3. The van der Waals surface area contributed by atoms with Gasteiger partial charge in [0.1, 0.15) is 0 Å². The monoisotopic (exact) mass is 415 g/mol. The molecule has 1 saturated heterocycles. The third-order valence-corrected chi connectivity index (χ3v) is 6.43. The Kier molecular flexibility index (Phi) is 4.81. The van der Waals surface area contributed by atoms with Gasteiger partial charge in [-0.1, -0.05) is 11.6 Å². The molecule has 7 nitrogen and oxygen atoms in total. The van der Waals surface area contributed by atoms with Crippen LogP contribution in [-0.2, 0) is 0 Å². The number of allylic oxidation sites excluding steroid dienone is 1. The molecule has 1 aliphatic carbocycles. The molecule has 1 aliphatic heterocycles. The number of aryl methyl sites for hydroxylation is 1. The Morgan fingerprint density at radius 3 is 2.68 bits per heavy atom. The van der Waals surface area contributed by atoms with E-state index >= 15 is 0 Å². The largest absolute Gasteiger partial charge is 0.366 e. The molecule has 3 heterocycles. The molecular weight excluding hydrogens is 390 g/mol. The zero-order valence-electron chi connectivity index (χ0n) is 17.5. The fourth-order valence-corrected chi connectivity index (χ4v) is 4.73. The van der Waals surface area contributed by atoms with Crippen molar-refractivity contribution in [2.75, 3.05) is 18.0 Å². The Morgan fingerprint density at radius 2 is 1.90 bits per heavy atom. The molecule has 0 bridgehead atoms. The predicted octanol–water partition coefficient (Wildman–Crippen LogP) is 3.12. The van der Waals surface area contributed by atoms with Crippen LogP contribution in [0.5, 0.6) is 0 Å². The molecule has 31 heavy (non-hydrogen) atoms. The summed E-state index contributed by atoms with van der Waals surface area (Å²) in [6.45, 7) is 3.71. The van der Waals surface area contributed by atoms with Gasteiger partial charge >= 0.3 is 0 Å². The average molecular weight is 415 g/mol. The van der Waals surface area contributed by atoms with Gasteiger partial charge in [-0.25, -0.2) is 4.98 Å². The van der Waals surface area contributed by atoms with E-state index in [9.17, 15) is 9.59 Å². The minimum atomic E-state index is -0.502. The van der Waals surface area contributed by atoms with Crippen molar-refractivity contribution in [3.8, 4) is 5.69 Å². The van der Waals surface area contributed by atoms with Gasteiger partial charge in [0.25, 0.3) is 5.56 Å². The first-order valence-corrected chi connectivity index (χ1v) is 10.8. The SMILES string of the molecule is Cc1nc(N2CCC3CCCC=C3C2)nc2c1ccc(=O)n2-c1ccc(C(N)=O)cc1. The van der Waals surface area contributed by atoms with Gasteiger partial charge in [0.15, 0.2) is 5.65 Å². The van der Waals surface area contributed by atoms with Crippen molar-refractivity contribution in [3.05, 3.63) is 69.7 Å². The average Bonchev–Trinajstić information content (AvgIpc) is 2.78. The van der Waals surface area contributed by atoms with Crippen LogP contribution in [0.4, 0.5) is 5.95 Å². The standard InChI is InChI=1S/C24H25N5O2/c1-15-20-10-11-21(30)29(19-8-6-17(7-9-19)22(25)31)23(20)27-24(26-15)28-13-12-16-4-2-3-5-18(16)14-28/h5-11,16H,2-4,12-14H2,1H3,(H2,25,31). The van der Waals surface area contributed by atoms with Crippen LogP contribution < -0.4 is 16.2 Å². The van der Waals surface area contributed by atoms with Crippen molar-refractivity contribution in [2.24, 2.45) is 11.7 Å². The van der Waals surface area contributed by atoms with E-state index in [1.165, 1.54) is 24.5 Å². The number of fused-ring (bicyclic) bond motifs is 2. The maximum absolute atomic E-state index is 12.8. The number of anilines is 1. The van der Waals surface area contributed by atoms with Crippen molar-refractivity contribution in [1.29, 1.82) is 0 Å². The summed E-state index contributed by atoms with van der Waals surface area (Å²) < 4.78 is 1.57. The van der Waals surface area contributed by atoms with Crippen molar-refractivity contribution < 1.29 is 4.79 Å². The molecule has 2 aromatic heterocycles. The van der Waals surface area contributed by atoms with Crippen LogP contribution in [0.1, 0.15) is 41.7 Å². The lowest BCUT2D eigenvalue weighted by atomic mass is 9.82. The van der Waals surface area contributed by atoms with E-state index < -0.39 is 5.91 Å². The molecule has 2 aliphatic rings. The highest BCUT2D eigenvalue weighted by Crippen LogP contribution is 2.33. The highest BCUT2D eigenvalue weighted by atomic mass is 16.1. The number of piperidine rings is 1. The fraction of sp³-hybridized carbons (Fsp3) is 0.333. The van der Waals surface area contributed by atoms with E-state index in [1.54, 1.807) is 34.9 Å². The van der Waals surface area contributed by atoms with Crippen LogP contribution in [0.25, 0.3) is 16.7 Å². The summed E-state index contributed by atoms with van der Waals surface area (Å²) in [7, 11) is 0. The highest BCUT2D eigenvalue weighted by Gasteiger charge is 2.27. The third-order valence-electron chi connectivity index (χ3n) is 6.43. The van der Waals surface area contributed by atoms with Crippen molar-refractivity contribution in [2.45, 2.75) is 32.6 Å². The summed E-state index contributed by atoms with van der Waals surface area (Å²) >= 11 is 0. The number of primary amides is 1. The Hall–Kier alpha value is -3.48. The van der Waals surface area contributed by atoms with E-state index in [2.05, 4.69) is 11.0 Å². The van der Waals surface area contributed by atoms with Crippen LogP contribution in [0.2, 0.25) is 0 Å². The first-order valence-electron chi connectivity index (χ1n) is 10.8. The molecule has 0 radical (unpaired) electrons. The van der Waals surface area contributed by atoms with Gasteiger partial charge < -0.3 is 10.6 Å². The van der Waals surface area contributed by atoms with Crippen LogP contribution in [0.3, 0.4) is 0 Å². The van der Waals surface area contributed by atoms with Gasteiger partial charge in [-0.3, -0.25) is 14.2 Å². The molecule has 1 amide bonds. The molecule has 7 heteroatoms. The first-order chi connectivity index (χ1) is 15.0. The third kappa shape index (κ3) is 3.50. The number of aromatic nitrogens is 3. The lowest BCUT2D eigenvalue weighted by Crippen LogP contribution is -2.37. The molecule has 158 valence electrons. The molecule has 1 fully saturated rings. The second-order valence-electron chi connectivity index (χ2n) is 8.38. The molecule has 0 spiro atoms. The molecular formula is C24H25N5O2. The summed E-state index contributed by atoms with van der Waals surface area (Å²) in [6, 6.07) is 9.99. The molecule has 2 N–H and O–H groups in total. The molecule has 5 rings (SSSR count). The number of carbonyl (C=O) groups is 1. The van der Waals surface area contributed by atoms with Crippen LogP contribution >= 0.6 is 0 Å². The quantitative estimate of drug-likeness (QED) is 0.664. The second kappa shape index (κ2) is 7.65. The van der Waals surface area contributed by atoms with E-state index in [4.69, 9.17) is 15.7 Å². The maximum Gasteiger partial charge on any atom is 0.256 e. The topological polar surface area (TPSA) is 94.1 Å². The number of hydrogen-bond acceptors (Lipinski definition) is 5. The summed E-state index contributed by atoms with van der Waals surface area (Å²) in [5.74, 6) is 0.842. The van der Waals surface area contributed by atoms with Gasteiger partial charge in [-0.05, 0) is 68.9 Å². The first kappa shape index (κ1) is 19.5. The minimum absolute atomic E-state index is 0.183. The second-order valence-corrected chi connectivity index (χ2v) is 8.38. The summed E-state index contributed by atoms with van der Waals surface area (Å²) in [6.07, 6.45) is 7.20. The molecule has 3 aromatic rings. The molecule has 0 saturated carbocycles. The van der Waals surface area contributed by atoms with Crippen LogP contribution in [0, 0.1) is 12.8 Å². The minimum Gasteiger partial charge on any atom is -0.366 e. The maximum atomic E-state index is 12.8. The van der Waals surface area contributed by atoms with Crippen molar-refractivity contribution >= 4 is 22.9 Å². The van der Waals surface area contributed by atoms with E-state index in [-0.39, 0.29) is 5.56 Å². The number of nitrogens with zero attached hydrogens (tertiary/aromatic N) is 4. The number of hydrogen-bond donors (Lipinski definition) is 1. The molecule has 1 unspecified atom stereocenters. The molecule has 1 atom stereocenters. The van der Waals surface area contributed by atoms with Gasteiger partial charge in [0, 0.05) is 30.1 Å². The number of amides is 1. The predicted molar refractivity (Wildman–Crippen MR) is 121 cm³/mol. The Balaban J connectivity index is 1.61. The zero-order valence-corrected chi connectivity index (χ0v) is 17.5. The molecule has 1 aromatic carbocycles. The highest BCUT2D eigenvalue weighted by molar-refractivity contribution is 5.93.